The highest BCUT2D eigenvalue weighted by atomic mass is 79.9. The van der Waals surface area contributed by atoms with Crippen LogP contribution in [0.25, 0.3) is 0 Å². The van der Waals surface area contributed by atoms with Crippen molar-refractivity contribution < 1.29 is 9.47 Å². The largest absolute Gasteiger partial charge is 0.493 e. The summed E-state index contributed by atoms with van der Waals surface area (Å²) in [7, 11) is 1.68. The van der Waals surface area contributed by atoms with Gasteiger partial charge >= 0.3 is 0 Å². The van der Waals surface area contributed by atoms with Crippen molar-refractivity contribution in [1.82, 2.24) is 10.2 Å². The number of benzene rings is 1. The molecule has 1 heterocycles. The van der Waals surface area contributed by atoms with E-state index < -0.39 is 0 Å². The van der Waals surface area contributed by atoms with Crippen LogP contribution in [0.4, 0.5) is 0 Å². The Hall–Kier alpha value is -0.780. The average Bonchev–Trinajstić information content (AvgIpc) is 2.99. The lowest BCUT2D eigenvalue weighted by molar-refractivity contribution is 0.308. The van der Waals surface area contributed by atoms with Crippen LogP contribution in [0.3, 0.4) is 0 Å². The van der Waals surface area contributed by atoms with Crippen LogP contribution in [0.15, 0.2) is 16.6 Å². The topological polar surface area (TPSA) is 33.7 Å². The van der Waals surface area contributed by atoms with Gasteiger partial charge in [-0.3, -0.25) is 0 Å². The smallest absolute Gasteiger partial charge is 0.175 e. The first-order chi connectivity index (χ1) is 10.2. The number of hydrogen-bond donors (Lipinski definition) is 1. The second-order valence-corrected chi connectivity index (χ2v) is 6.12. The summed E-state index contributed by atoms with van der Waals surface area (Å²) in [6.45, 7) is 8.11. The van der Waals surface area contributed by atoms with Gasteiger partial charge in [0.1, 0.15) is 0 Å². The van der Waals surface area contributed by atoms with Gasteiger partial charge in [0.2, 0.25) is 0 Å². The van der Waals surface area contributed by atoms with E-state index in [-0.39, 0.29) is 0 Å². The summed E-state index contributed by atoms with van der Waals surface area (Å²) < 4.78 is 12.0. The van der Waals surface area contributed by atoms with E-state index >= 15 is 0 Å². The van der Waals surface area contributed by atoms with Gasteiger partial charge in [-0.05, 0) is 66.5 Å². The number of ether oxygens (including phenoxy) is 2. The highest BCUT2D eigenvalue weighted by Gasteiger charge is 2.12. The van der Waals surface area contributed by atoms with E-state index in [1.807, 2.05) is 13.0 Å². The normalized spacial score (nSPS) is 15.4. The van der Waals surface area contributed by atoms with Gasteiger partial charge in [-0.15, -0.1) is 0 Å². The number of halogens is 1. The van der Waals surface area contributed by atoms with E-state index in [1.165, 1.54) is 31.5 Å². The fraction of sp³-hybridized carbons (Fsp3) is 0.625. The maximum atomic E-state index is 5.61. The standard InChI is InChI=1S/C16H25BrN2O2/c1-3-21-16-14(17)10-13(11-15(16)20-2)12-18-6-9-19-7-4-5-8-19/h10-11,18H,3-9,12H2,1-2H3. The minimum Gasteiger partial charge on any atom is -0.493 e. The van der Waals surface area contributed by atoms with E-state index in [4.69, 9.17) is 9.47 Å². The molecule has 1 aliphatic heterocycles. The predicted octanol–water partition coefficient (Wildman–Crippen LogP) is 3.04. The van der Waals surface area contributed by atoms with Gasteiger partial charge in [0.25, 0.3) is 0 Å². The van der Waals surface area contributed by atoms with Gasteiger partial charge < -0.3 is 19.7 Å². The molecule has 1 N–H and O–H groups in total. The lowest BCUT2D eigenvalue weighted by Crippen LogP contribution is -2.29. The van der Waals surface area contributed by atoms with Crippen LogP contribution in [-0.2, 0) is 6.54 Å². The number of rotatable bonds is 8. The molecule has 4 nitrogen and oxygen atoms in total. The van der Waals surface area contributed by atoms with Crippen LogP contribution in [-0.4, -0.2) is 44.8 Å². The molecule has 21 heavy (non-hydrogen) atoms. The van der Waals surface area contributed by atoms with E-state index in [0.717, 1.165) is 35.6 Å². The maximum Gasteiger partial charge on any atom is 0.175 e. The minimum atomic E-state index is 0.627. The Morgan fingerprint density at radius 2 is 2.05 bits per heavy atom. The SMILES string of the molecule is CCOc1c(Br)cc(CNCCN2CCCC2)cc1OC. The Bertz CT molecular complexity index is 448. The predicted molar refractivity (Wildman–Crippen MR) is 89.2 cm³/mol. The first-order valence-corrected chi connectivity index (χ1v) is 8.46. The highest BCUT2D eigenvalue weighted by molar-refractivity contribution is 9.10. The van der Waals surface area contributed by atoms with E-state index in [2.05, 4.69) is 32.2 Å². The van der Waals surface area contributed by atoms with Crippen LogP contribution in [0.1, 0.15) is 25.3 Å². The molecular formula is C16H25BrN2O2. The number of hydrogen-bond acceptors (Lipinski definition) is 4. The van der Waals surface area contributed by atoms with Crippen molar-refractivity contribution in [3.63, 3.8) is 0 Å². The molecule has 1 aliphatic rings. The Labute approximate surface area is 135 Å². The van der Waals surface area contributed by atoms with Crippen LogP contribution in [0.2, 0.25) is 0 Å². The monoisotopic (exact) mass is 356 g/mol. The summed E-state index contributed by atoms with van der Waals surface area (Å²) in [6.07, 6.45) is 2.70. The Morgan fingerprint density at radius 1 is 1.29 bits per heavy atom. The summed E-state index contributed by atoms with van der Waals surface area (Å²) in [5.74, 6) is 1.56. The third kappa shape index (κ3) is 4.87. The van der Waals surface area contributed by atoms with Gasteiger partial charge in [0, 0.05) is 19.6 Å². The molecule has 1 fully saturated rings. The van der Waals surface area contributed by atoms with Crippen molar-refractivity contribution in [2.75, 3.05) is 39.9 Å². The minimum absolute atomic E-state index is 0.627. The maximum absolute atomic E-state index is 5.61. The van der Waals surface area contributed by atoms with Gasteiger partial charge in [-0.1, -0.05) is 0 Å². The molecule has 0 bridgehead atoms. The first kappa shape index (κ1) is 16.6. The van der Waals surface area contributed by atoms with Crippen molar-refractivity contribution in [3.8, 4) is 11.5 Å². The van der Waals surface area contributed by atoms with Gasteiger partial charge in [-0.2, -0.15) is 0 Å². The molecule has 0 radical (unpaired) electrons. The summed E-state index contributed by atoms with van der Waals surface area (Å²) in [6, 6.07) is 4.13. The van der Waals surface area contributed by atoms with E-state index in [0.29, 0.717) is 6.61 Å². The quantitative estimate of drug-likeness (QED) is 0.725. The zero-order chi connectivity index (χ0) is 15.1. The Morgan fingerprint density at radius 3 is 2.71 bits per heavy atom. The lowest BCUT2D eigenvalue weighted by Gasteiger charge is -2.16. The highest BCUT2D eigenvalue weighted by Crippen LogP contribution is 2.36. The molecule has 0 amide bonds. The second-order valence-electron chi connectivity index (χ2n) is 5.27. The summed E-state index contributed by atoms with van der Waals surface area (Å²) >= 11 is 3.56. The Kier molecular flexibility index (Phi) is 6.80. The molecule has 1 saturated heterocycles. The molecule has 0 unspecified atom stereocenters. The third-order valence-corrected chi connectivity index (χ3v) is 4.30. The zero-order valence-electron chi connectivity index (χ0n) is 13.0. The van der Waals surface area contributed by atoms with Crippen LogP contribution >= 0.6 is 15.9 Å². The molecule has 0 saturated carbocycles. The molecule has 118 valence electrons. The van der Waals surface area contributed by atoms with Crippen molar-refractivity contribution in [2.45, 2.75) is 26.3 Å². The molecule has 1 aromatic carbocycles. The summed E-state index contributed by atoms with van der Waals surface area (Å²) in [4.78, 5) is 2.52. The molecule has 5 heteroatoms. The third-order valence-electron chi connectivity index (χ3n) is 3.71. The number of likely N-dealkylation sites (tertiary alicyclic amines) is 1. The molecule has 0 spiro atoms. The molecular weight excluding hydrogens is 332 g/mol. The fourth-order valence-corrected chi connectivity index (χ4v) is 3.24. The average molecular weight is 357 g/mol. The summed E-state index contributed by atoms with van der Waals surface area (Å²) in [5.41, 5.74) is 1.20. The van der Waals surface area contributed by atoms with Gasteiger partial charge in [0.15, 0.2) is 11.5 Å². The van der Waals surface area contributed by atoms with Crippen molar-refractivity contribution >= 4 is 15.9 Å². The van der Waals surface area contributed by atoms with Gasteiger partial charge in [0.05, 0.1) is 18.2 Å². The van der Waals surface area contributed by atoms with Crippen molar-refractivity contribution in [1.29, 1.82) is 0 Å². The lowest BCUT2D eigenvalue weighted by atomic mass is 10.2. The zero-order valence-corrected chi connectivity index (χ0v) is 14.5. The molecule has 0 aromatic heterocycles. The fourth-order valence-electron chi connectivity index (χ4n) is 2.64. The number of nitrogens with one attached hydrogen (secondary N) is 1. The van der Waals surface area contributed by atoms with Crippen molar-refractivity contribution in [3.05, 3.63) is 22.2 Å². The van der Waals surface area contributed by atoms with Crippen LogP contribution in [0.5, 0.6) is 11.5 Å². The number of nitrogens with zero attached hydrogens (tertiary/aromatic N) is 1. The van der Waals surface area contributed by atoms with Crippen molar-refractivity contribution in [2.24, 2.45) is 0 Å². The molecule has 2 rings (SSSR count). The van der Waals surface area contributed by atoms with Crippen LogP contribution < -0.4 is 14.8 Å². The van der Waals surface area contributed by atoms with Crippen LogP contribution in [0, 0.1) is 0 Å². The van der Waals surface area contributed by atoms with E-state index in [1.54, 1.807) is 7.11 Å². The first-order valence-electron chi connectivity index (χ1n) is 7.67. The van der Waals surface area contributed by atoms with E-state index in [9.17, 15) is 0 Å². The Balaban J connectivity index is 1.86. The van der Waals surface area contributed by atoms with Gasteiger partial charge in [-0.25, -0.2) is 0 Å². The number of methoxy groups -OCH3 is 1. The summed E-state index contributed by atoms with van der Waals surface area (Å²) in [5, 5.41) is 3.50. The molecule has 0 aliphatic carbocycles. The second kappa shape index (κ2) is 8.61. The molecule has 1 aromatic rings. The molecule has 0 atom stereocenters.